The van der Waals surface area contributed by atoms with Gasteiger partial charge < -0.3 is 5.32 Å². The molecule has 1 aromatic carbocycles. The second-order valence-corrected chi connectivity index (χ2v) is 7.96. The molecule has 0 bridgehead atoms. The molecule has 1 fully saturated rings. The molecule has 0 aliphatic heterocycles. The Morgan fingerprint density at radius 1 is 1.21 bits per heavy atom. The molecule has 2 aromatic rings. The Morgan fingerprint density at radius 3 is 2.75 bits per heavy atom. The van der Waals surface area contributed by atoms with Gasteiger partial charge in [0.2, 0.25) is 5.91 Å². The van der Waals surface area contributed by atoms with Crippen molar-refractivity contribution >= 4 is 34.6 Å². The first-order chi connectivity index (χ1) is 13.6. The molecule has 1 aliphatic carbocycles. The van der Waals surface area contributed by atoms with Gasteiger partial charge >= 0.3 is 6.03 Å². The molecular formula is C20H26N4O3S. The number of carbonyl (C=O) groups is 2. The third-order valence-electron chi connectivity index (χ3n) is 4.56. The van der Waals surface area contributed by atoms with Crippen LogP contribution in [0.2, 0.25) is 0 Å². The maximum Gasteiger partial charge on any atom is 0.321 e. The van der Waals surface area contributed by atoms with Crippen LogP contribution in [-0.2, 0) is 11.3 Å². The first kappa shape index (κ1) is 20.4. The summed E-state index contributed by atoms with van der Waals surface area (Å²) in [5.41, 5.74) is 0.531. The molecule has 150 valence electrons. The third kappa shape index (κ3) is 5.58. The molecular weight excluding hydrogens is 376 g/mol. The van der Waals surface area contributed by atoms with Crippen molar-refractivity contribution in [1.29, 1.82) is 0 Å². The number of unbranched alkanes of at least 4 members (excludes halogenated alkanes) is 3. The second kappa shape index (κ2) is 9.73. The molecule has 1 aliphatic rings. The van der Waals surface area contributed by atoms with Crippen LogP contribution in [0.25, 0.3) is 10.9 Å². The zero-order valence-electron chi connectivity index (χ0n) is 16.1. The summed E-state index contributed by atoms with van der Waals surface area (Å²) in [6.45, 7) is 2.71. The number of carbonyl (C=O) groups excluding carboxylic acids is 2. The van der Waals surface area contributed by atoms with E-state index in [-0.39, 0.29) is 17.4 Å². The van der Waals surface area contributed by atoms with Gasteiger partial charge in [0.25, 0.3) is 5.56 Å². The monoisotopic (exact) mass is 402 g/mol. The number of amides is 3. The van der Waals surface area contributed by atoms with Gasteiger partial charge in [-0.25, -0.2) is 9.78 Å². The van der Waals surface area contributed by atoms with Crippen molar-refractivity contribution < 1.29 is 9.59 Å². The summed E-state index contributed by atoms with van der Waals surface area (Å²) in [5, 5.41) is 6.14. The minimum Gasteiger partial charge on any atom is -0.335 e. The molecule has 28 heavy (non-hydrogen) atoms. The van der Waals surface area contributed by atoms with E-state index in [0.29, 0.717) is 22.6 Å². The summed E-state index contributed by atoms with van der Waals surface area (Å²) in [4.78, 5) is 41.3. The van der Waals surface area contributed by atoms with E-state index in [0.717, 1.165) is 38.5 Å². The Balaban J connectivity index is 1.70. The van der Waals surface area contributed by atoms with Crippen molar-refractivity contribution in [2.24, 2.45) is 0 Å². The summed E-state index contributed by atoms with van der Waals surface area (Å²) >= 11 is 1.18. The fraction of sp³-hybridized carbons (Fsp3) is 0.500. The fourth-order valence-electron chi connectivity index (χ4n) is 2.89. The standard InChI is InChI=1S/C20H26N4O3S/c1-2-3-4-7-12-24-18(26)15-8-5-6-9-16(15)22-20(24)28-13-17(25)23-19(27)21-14-10-11-14/h5-6,8-9,14H,2-4,7,10-13H2,1H3,(H2,21,23,25,27). The first-order valence-electron chi connectivity index (χ1n) is 9.81. The van der Waals surface area contributed by atoms with Crippen LogP contribution in [0.15, 0.2) is 34.2 Å². The second-order valence-electron chi connectivity index (χ2n) is 7.01. The molecule has 0 atom stereocenters. The molecule has 0 radical (unpaired) electrons. The number of aromatic nitrogens is 2. The SMILES string of the molecule is CCCCCCn1c(SCC(=O)NC(=O)NC2CC2)nc2ccccc2c1=O. The topological polar surface area (TPSA) is 93.1 Å². The lowest BCUT2D eigenvalue weighted by Crippen LogP contribution is -2.41. The predicted octanol–water partition coefficient (Wildman–Crippen LogP) is 3.06. The van der Waals surface area contributed by atoms with E-state index < -0.39 is 11.9 Å². The third-order valence-corrected chi connectivity index (χ3v) is 5.54. The minimum atomic E-state index is -0.462. The Labute approximate surface area is 168 Å². The van der Waals surface area contributed by atoms with E-state index >= 15 is 0 Å². The van der Waals surface area contributed by atoms with Gasteiger partial charge in [-0.15, -0.1) is 0 Å². The van der Waals surface area contributed by atoms with E-state index in [1.54, 1.807) is 16.7 Å². The molecule has 2 N–H and O–H groups in total. The largest absolute Gasteiger partial charge is 0.335 e. The van der Waals surface area contributed by atoms with Gasteiger partial charge in [-0.05, 0) is 31.4 Å². The highest BCUT2D eigenvalue weighted by atomic mass is 32.2. The normalized spacial score (nSPS) is 13.5. The van der Waals surface area contributed by atoms with Crippen molar-refractivity contribution in [1.82, 2.24) is 20.2 Å². The van der Waals surface area contributed by atoms with Crippen LogP contribution in [0.5, 0.6) is 0 Å². The number of para-hydroxylation sites is 1. The number of imide groups is 1. The Morgan fingerprint density at radius 2 is 2.00 bits per heavy atom. The summed E-state index contributed by atoms with van der Waals surface area (Å²) in [5.74, 6) is -0.374. The van der Waals surface area contributed by atoms with Crippen LogP contribution in [-0.4, -0.2) is 33.3 Å². The van der Waals surface area contributed by atoms with Gasteiger partial charge in [0.05, 0.1) is 16.7 Å². The molecule has 3 amide bonds. The van der Waals surface area contributed by atoms with Crippen LogP contribution in [0.4, 0.5) is 4.79 Å². The van der Waals surface area contributed by atoms with E-state index in [2.05, 4.69) is 22.5 Å². The van der Waals surface area contributed by atoms with Crippen molar-refractivity contribution in [3.8, 4) is 0 Å². The zero-order valence-corrected chi connectivity index (χ0v) is 16.9. The van der Waals surface area contributed by atoms with E-state index in [1.807, 2.05) is 12.1 Å². The van der Waals surface area contributed by atoms with Gasteiger partial charge in [0.1, 0.15) is 0 Å². The molecule has 0 spiro atoms. The smallest absolute Gasteiger partial charge is 0.321 e. The molecule has 0 saturated heterocycles. The molecule has 1 saturated carbocycles. The van der Waals surface area contributed by atoms with Gasteiger partial charge in [-0.3, -0.25) is 19.5 Å². The highest BCUT2D eigenvalue weighted by Crippen LogP contribution is 2.19. The van der Waals surface area contributed by atoms with Crippen molar-refractivity contribution in [3.05, 3.63) is 34.6 Å². The molecule has 3 rings (SSSR count). The Kier molecular flexibility index (Phi) is 7.08. The number of rotatable bonds is 9. The average Bonchev–Trinajstić information content (AvgIpc) is 3.49. The number of hydrogen-bond acceptors (Lipinski definition) is 5. The Hall–Kier alpha value is -2.35. The number of hydrogen-bond donors (Lipinski definition) is 2. The first-order valence-corrected chi connectivity index (χ1v) is 10.8. The maximum atomic E-state index is 12.9. The van der Waals surface area contributed by atoms with E-state index in [1.165, 1.54) is 11.8 Å². The fourth-order valence-corrected chi connectivity index (χ4v) is 3.72. The lowest BCUT2D eigenvalue weighted by molar-refractivity contribution is -0.117. The highest BCUT2D eigenvalue weighted by Gasteiger charge is 2.24. The number of urea groups is 1. The lowest BCUT2D eigenvalue weighted by Gasteiger charge is -2.13. The minimum absolute atomic E-state index is 0.0256. The average molecular weight is 403 g/mol. The van der Waals surface area contributed by atoms with Crippen molar-refractivity contribution in [2.75, 3.05) is 5.75 Å². The Bertz CT molecular complexity index is 908. The molecule has 1 heterocycles. The quantitative estimate of drug-likeness (QED) is 0.382. The number of nitrogens with zero attached hydrogens (tertiary/aromatic N) is 2. The van der Waals surface area contributed by atoms with E-state index in [4.69, 9.17) is 0 Å². The van der Waals surface area contributed by atoms with E-state index in [9.17, 15) is 14.4 Å². The molecule has 1 aromatic heterocycles. The number of benzene rings is 1. The van der Waals surface area contributed by atoms with Crippen LogP contribution in [0.3, 0.4) is 0 Å². The van der Waals surface area contributed by atoms with Crippen LogP contribution in [0.1, 0.15) is 45.4 Å². The summed E-state index contributed by atoms with van der Waals surface area (Å²) in [7, 11) is 0. The zero-order chi connectivity index (χ0) is 19.9. The molecule has 8 heteroatoms. The predicted molar refractivity (Wildman–Crippen MR) is 111 cm³/mol. The molecule has 0 unspecified atom stereocenters. The number of nitrogens with one attached hydrogen (secondary N) is 2. The highest BCUT2D eigenvalue weighted by molar-refractivity contribution is 7.99. The van der Waals surface area contributed by atoms with Gasteiger partial charge in [-0.2, -0.15) is 0 Å². The van der Waals surface area contributed by atoms with Gasteiger partial charge in [-0.1, -0.05) is 50.1 Å². The lowest BCUT2D eigenvalue weighted by atomic mass is 10.2. The van der Waals surface area contributed by atoms with Crippen molar-refractivity contribution in [2.45, 2.75) is 63.2 Å². The summed E-state index contributed by atoms with van der Waals surface area (Å²) in [6, 6.07) is 6.96. The van der Waals surface area contributed by atoms with Crippen LogP contribution < -0.4 is 16.2 Å². The van der Waals surface area contributed by atoms with Crippen LogP contribution >= 0.6 is 11.8 Å². The maximum absolute atomic E-state index is 12.9. The number of fused-ring (bicyclic) bond motifs is 1. The van der Waals surface area contributed by atoms with Gasteiger partial charge in [0, 0.05) is 12.6 Å². The summed E-state index contributed by atoms with van der Waals surface area (Å²) < 4.78 is 1.65. The van der Waals surface area contributed by atoms with Crippen molar-refractivity contribution in [3.63, 3.8) is 0 Å². The summed E-state index contributed by atoms with van der Waals surface area (Å²) in [6.07, 6.45) is 6.09. The number of thioether (sulfide) groups is 1. The molecule has 7 nitrogen and oxygen atoms in total. The van der Waals surface area contributed by atoms with Crippen LogP contribution in [0, 0.1) is 0 Å². The van der Waals surface area contributed by atoms with Gasteiger partial charge in [0.15, 0.2) is 5.16 Å².